The average molecular weight is 297 g/mol. The molecule has 3 nitrogen and oxygen atoms in total. The zero-order chi connectivity index (χ0) is 15.2. The predicted molar refractivity (Wildman–Crippen MR) is 94.0 cm³/mol. The molecule has 0 aromatic heterocycles. The summed E-state index contributed by atoms with van der Waals surface area (Å²) in [5.41, 5.74) is 8.47. The number of thiocarbonyl (C=S) groups is 1. The monoisotopic (exact) mass is 297 g/mol. The van der Waals surface area contributed by atoms with Gasteiger partial charge in [0.25, 0.3) is 0 Å². The number of benzene rings is 2. The quantitative estimate of drug-likeness (QED) is 0.512. The van der Waals surface area contributed by atoms with Crippen LogP contribution in [0.4, 0.5) is 5.69 Å². The summed E-state index contributed by atoms with van der Waals surface area (Å²) in [6, 6.07) is 14.2. The summed E-state index contributed by atoms with van der Waals surface area (Å²) in [4.78, 5) is 0. The van der Waals surface area contributed by atoms with Crippen molar-refractivity contribution < 1.29 is 0 Å². The van der Waals surface area contributed by atoms with Crippen LogP contribution >= 0.6 is 12.2 Å². The van der Waals surface area contributed by atoms with Crippen LogP contribution < -0.4 is 10.7 Å². The van der Waals surface area contributed by atoms with Gasteiger partial charge in [-0.2, -0.15) is 5.10 Å². The summed E-state index contributed by atoms with van der Waals surface area (Å²) in [6.07, 6.45) is 1.78. The molecule has 0 aliphatic carbocycles. The van der Waals surface area contributed by atoms with Crippen LogP contribution in [-0.4, -0.2) is 11.3 Å². The van der Waals surface area contributed by atoms with Crippen molar-refractivity contribution in [1.82, 2.24) is 5.43 Å². The second kappa shape index (κ2) is 6.99. The Kier molecular flexibility index (Phi) is 5.06. The van der Waals surface area contributed by atoms with Crippen molar-refractivity contribution in [3.8, 4) is 0 Å². The van der Waals surface area contributed by atoms with Crippen LogP contribution in [0.15, 0.2) is 47.6 Å². The van der Waals surface area contributed by atoms with E-state index in [9.17, 15) is 0 Å². The second-order valence-electron chi connectivity index (χ2n) is 5.00. The van der Waals surface area contributed by atoms with E-state index >= 15 is 0 Å². The van der Waals surface area contributed by atoms with E-state index in [1.807, 2.05) is 37.3 Å². The van der Waals surface area contributed by atoms with Gasteiger partial charge in [-0.3, -0.25) is 5.43 Å². The molecular weight excluding hydrogens is 278 g/mol. The molecule has 108 valence electrons. The molecule has 0 spiro atoms. The summed E-state index contributed by atoms with van der Waals surface area (Å²) < 4.78 is 0. The number of anilines is 1. The minimum atomic E-state index is 0.477. The fraction of sp³-hybridized carbons (Fsp3) is 0.176. The molecule has 0 radical (unpaired) electrons. The first-order valence-corrected chi connectivity index (χ1v) is 7.20. The van der Waals surface area contributed by atoms with Crippen LogP contribution in [0.2, 0.25) is 0 Å². The maximum atomic E-state index is 5.23. The second-order valence-corrected chi connectivity index (χ2v) is 5.41. The smallest absolute Gasteiger partial charge is 0.191 e. The Bertz CT molecular complexity index is 677. The Morgan fingerprint density at radius 2 is 1.81 bits per heavy atom. The summed E-state index contributed by atoms with van der Waals surface area (Å²) in [5, 5.41) is 7.78. The first-order valence-electron chi connectivity index (χ1n) is 6.79. The van der Waals surface area contributed by atoms with Crippen LogP contribution in [0.3, 0.4) is 0 Å². The highest BCUT2D eigenvalue weighted by Crippen LogP contribution is 2.12. The number of hydrazone groups is 1. The van der Waals surface area contributed by atoms with Crippen molar-refractivity contribution in [2.75, 3.05) is 5.32 Å². The van der Waals surface area contributed by atoms with Crippen LogP contribution in [0.5, 0.6) is 0 Å². The van der Waals surface area contributed by atoms with Gasteiger partial charge in [-0.25, -0.2) is 0 Å². The van der Waals surface area contributed by atoms with E-state index in [0.717, 1.165) is 16.8 Å². The van der Waals surface area contributed by atoms with Crippen molar-refractivity contribution in [1.29, 1.82) is 0 Å². The van der Waals surface area contributed by atoms with Crippen LogP contribution in [0.1, 0.15) is 22.3 Å². The van der Waals surface area contributed by atoms with Crippen molar-refractivity contribution in [2.45, 2.75) is 20.8 Å². The van der Waals surface area contributed by atoms with E-state index < -0.39 is 0 Å². The van der Waals surface area contributed by atoms with Gasteiger partial charge >= 0.3 is 0 Å². The molecule has 0 bridgehead atoms. The van der Waals surface area contributed by atoms with Gasteiger partial charge in [-0.15, -0.1) is 0 Å². The maximum Gasteiger partial charge on any atom is 0.191 e. The number of nitrogens with zero attached hydrogens (tertiary/aromatic N) is 1. The molecule has 0 saturated carbocycles. The van der Waals surface area contributed by atoms with Crippen LogP contribution in [-0.2, 0) is 0 Å². The molecule has 0 amide bonds. The summed E-state index contributed by atoms with van der Waals surface area (Å²) in [6.45, 7) is 6.18. The number of hydrogen-bond acceptors (Lipinski definition) is 2. The molecule has 0 atom stereocenters. The van der Waals surface area contributed by atoms with E-state index in [1.165, 1.54) is 11.1 Å². The Labute approximate surface area is 131 Å². The Hall–Kier alpha value is -2.20. The molecule has 0 fully saturated rings. The molecule has 21 heavy (non-hydrogen) atoms. The van der Waals surface area contributed by atoms with Gasteiger partial charge in [0.1, 0.15) is 0 Å². The molecule has 4 heteroatoms. The topological polar surface area (TPSA) is 36.4 Å². The van der Waals surface area contributed by atoms with Crippen LogP contribution in [0.25, 0.3) is 0 Å². The fourth-order valence-corrected chi connectivity index (χ4v) is 2.16. The van der Waals surface area contributed by atoms with E-state index in [1.54, 1.807) is 6.21 Å². The molecule has 0 aliphatic heterocycles. The minimum Gasteiger partial charge on any atom is -0.331 e. The molecule has 2 aromatic carbocycles. The van der Waals surface area contributed by atoms with Gasteiger partial charge in [0.15, 0.2) is 5.11 Å². The van der Waals surface area contributed by atoms with Crippen molar-refractivity contribution in [2.24, 2.45) is 5.10 Å². The third-order valence-electron chi connectivity index (χ3n) is 3.19. The van der Waals surface area contributed by atoms with E-state index in [-0.39, 0.29) is 0 Å². The minimum absolute atomic E-state index is 0.477. The Morgan fingerprint density at radius 3 is 2.52 bits per heavy atom. The Balaban J connectivity index is 1.95. The predicted octanol–water partition coefficient (Wildman–Crippen LogP) is 3.93. The lowest BCUT2D eigenvalue weighted by Crippen LogP contribution is -2.24. The van der Waals surface area contributed by atoms with Crippen molar-refractivity contribution in [3.05, 3.63) is 64.7 Å². The number of rotatable bonds is 3. The first kappa shape index (κ1) is 15.2. The van der Waals surface area contributed by atoms with Gasteiger partial charge < -0.3 is 5.32 Å². The summed E-state index contributed by atoms with van der Waals surface area (Å²) >= 11 is 5.23. The highest BCUT2D eigenvalue weighted by Gasteiger charge is 1.99. The van der Waals surface area contributed by atoms with Gasteiger partial charge in [0.05, 0.1) is 6.21 Å². The number of hydrogen-bond donors (Lipinski definition) is 2. The zero-order valence-electron chi connectivity index (χ0n) is 12.5. The summed E-state index contributed by atoms with van der Waals surface area (Å²) in [7, 11) is 0. The summed E-state index contributed by atoms with van der Waals surface area (Å²) in [5.74, 6) is 0. The molecule has 2 N–H and O–H groups in total. The standard InChI is InChI=1S/C17H19N3S/c1-12-8-9-15(14(3)10-12)11-18-20-17(21)19-16-7-5-4-6-13(16)2/h4-11H,1-3H3,(H2,19,20,21)/b18-11-. The average Bonchev–Trinajstić information content (AvgIpc) is 2.44. The van der Waals surface area contributed by atoms with Gasteiger partial charge in [0, 0.05) is 5.69 Å². The zero-order valence-corrected chi connectivity index (χ0v) is 13.3. The molecule has 0 aliphatic rings. The van der Waals surface area contributed by atoms with Crippen molar-refractivity contribution in [3.63, 3.8) is 0 Å². The molecule has 0 unspecified atom stereocenters. The maximum absolute atomic E-state index is 5.23. The van der Waals surface area contributed by atoms with Gasteiger partial charge in [-0.1, -0.05) is 42.0 Å². The number of nitrogens with one attached hydrogen (secondary N) is 2. The highest BCUT2D eigenvalue weighted by molar-refractivity contribution is 7.80. The molecular formula is C17H19N3S. The highest BCUT2D eigenvalue weighted by atomic mass is 32.1. The number of para-hydroxylation sites is 1. The normalized spacial score (nSPS) is 10.6. The van der Waals surface area contributed by atoms with Gasteiger partial charge in [-0.05, 0) is 55.7 Å². The van der Waals surface area contributed by atoms with Crippen LogP contribution in [0, 0.1) is 20.8 Å². The van der Waals surface area contributed by atoms with Gasteiger partial charge in [0.2, 0.25) is 0 Å². The molecule has 2 rings (SSSR count). The van der Waals surface area contributed by atoms with Crippen molar-refractivity contribution >= 4 is 29.2 Å². The third kappa shape index (κ3) is 4.39. The largest absolute Gasteiger partial charge is 0.331 e. The fourth-order valence-electron chi connectivity index (χ4n) is 1.99. The van der Waals surface area contributed by atoms with E-state index in [4.69, 9.17) is 12.2 Å². The first-order chi connectivity index (χ1) is 10.1. The third-order valence-corrected chi connectivity index (χ3v) is 3.38. The Morgan fingerprint density at radius 1 is 1.05 bits per heavy atom. The number of aryl methyl sites for hydroxylation is 3. The lowest BCUT2D eigenvalue weighted by atomic mass is 10.1. The van der Waals surface area contributed by atoms with E-state index in [0.29, 0.717) is 5.11 Å². The SMILES string of the molecule is Cc1ccc(/C=N\NC(=S)Nc2ccccc2C)c(C)c1. The lowest BCUT2D eigenvalue weighted by molar-refractivity contribution is 1.05. The van der Waals surface area contributed by atoms with E-state index in [2.05, 4.69) is 41.8 Å². The molecule has 2 aromatic rings. The lowest BCUT2D eigenvalue weighted by Gasteiger charge is -2.09. The molecule has 0 saturated heterocycles. The molecule has 0 heterocycles.